The summed E-state index contributed by atoms with van der Waals surface area (Å²) in [6, 6.07) is 8.34. The first kappa shape index (κ1) is 13.0. The molecule has 0 aromatic heterocycles. The number of nitrogens with two attached hydrogens (primary N) is 1. The maximum absolute atomic E-state index is 10.9. The smallest absolute Gasteiger partial charge is 0.327 e. The van der Waals surface area contributed by atoms with Gasteiger partial charge in [-0.1, -0.05) is 35.4 Å². The van der Waals surface area contributed by atoms with E-state index >= 15 is 0 Å². The number of nitrogens with one attached hydrogen (secondary N) is 1. The summed E-state index contributed by atoms with van der Waals surface area (Å²) in [5, 5.41) is 0. The molecule has 0 aliphatic heterocycles. The number of hydrazine groups is 1. The van der Waals surface area contributed by atoms with Crippen molar-refractivity contribution >= 4 is 17.7 Å². The van der Waals surface area contributed by atoms with Gasteiger partial charge >= 0.3 is 5.97 Å². The number of rotatable bonds is 6. The van der Waals surface area contributed by atoms with Crippen LogP contribution < -0.4 is 11.4 Å². The van der Waals surface area contributed by atoms with Gasteiger partial charge in [-0.2, -0.15) is 11.8 Å². The van der Waals surface area contributed by atoms with Crippen LogP contribution in [0.25, 0.3) is 0 Å². The summed E-state index contributed by atoms with van der Waals surface area (Å²) in [7, 11) is 0. The fourth-order valence-corrected chi connectivity index (χ4v) is 2.13. The highest BCUT2D eigenvalue weighted by atomic mass is 32.2. The van der Waals surface area contributed by atoms with Gasteiger partial charge in [-0.05, 0) is 12.5 Å². The van der Waals surface area contributed by atoms with Crippen molar-refractivity contribution in [2.75, 3.05) is 5.75 Å². The molecule has 1 aromatic rings. The third kappa shape index (κ3) is 5.16. The average Bonchev–Trinajstić information content (AvgIpc) is 2.25. The summed E-state index contributed by atoms with van der Waals surface area (Å²) < 4.78 is 0. The second-order valence-corrected chi connectivity index (χ2v) is 4.49. The number of aryl methyl sites for hydroxylation is 1. The molecule has 1 aromatic carbocycles. The molecule has 4 nitrogen and oxygen atoms in total. The Bertz CT molecular complexity index is 345. The van der Waals surface area contributed by atoms with Gasteiger partial charge in [0.1, 0.15) is 0 Å². The minimum atomic E-state index is -0.334. The molecule has 0 unspecified atom stereocenters. The van der Waals surface area contributed by atoms with Crippen LogP contribution in [0.2, 0.25) is 0 Å². The van der Waals surface area contributed by atoms with Crippen LogP contribution >= 0.6 is 11.8 Å². The quantitative estimate of drug-likeness (QED) is 0.448. The van der Waals surface area contributed by atoms with E-state index < -0.39 is 0 Å². The van der Waals surface area contributed by atoms with E-state index in [-0.39, 0.29) is 5.97 Å². The van der Waals surface area contributed by atoms with Gasteiger partial charge in [0.05, 0.1) is 6.42 Å². The Kier molecular flexibility index (Phi) is 5.92. The molecule has 1 rings (SSSR count). The Morgan fingerprint density at radius 3 is 3.06 bits per heavy atom. The van der Waals surface area contributed by atoms with Crippen molar-refractivity contribution in [2.45, 2.75) is 19.1 Å². The van der Waals surface area contributed by atoms with Crippen molar-refractivity contribution in [1.82, 2.24) is 5.59 Å². The highest BCUT2D eigenvalue weighted by Crippen LogP contribution is 2.14. The van der Waals surface area contributed by atoms with Gasteiger partial charge in [0, 0.05) is 11.5 Å². The number of carbonyl (C=O) groups excluding carboxylic acids is 1. The lowest BCUT2D eigenvalue weighted by atomic mass is 10.2. The van der Waals surface area contributed by atoms with Gasteiger partial charge in [-0.15, -0.1) is 0 Å². The van der Waals surface area contributed by atoms with Crippen molar-refractivity contribution in [3.05, 3.63) is 35.4 Å². The van der Waals surface area contributed by atoms with Crippen LogP contribution in [0.3, 0.4) is 0 Å². The van der Waals surface area contributed by atoms with Gasteiger partial charge in [0.2, 0.25) is 0 Å². The predicted molar refractivity (Wildman–Crippen MR) is 65.4 cm³/mol. The van der Waals surface area contributed by atoms with E-state index in [2.05, 4.69) is 30.0 Å². The largest absolute Gasteiger partial charge is 0.356 e. The van der Waals surface area contributed by atoms with Gasteiger partial charge in [-0.3, -0.25) is 4.79 Å². The Hall–Kier alpha value is -1.04. The fraction of sp³-hybridized carbons (Fsp3) is 0.364. The molecular weight excluding hydrogens is 224 g/mol. The molecule has 0 saturated carbocycles. The first-order chi connectivity index (χ1) is 7.72. The first-order valence-corrected chi connectivity index (χ1v) is 6.16. The van der Waals surface area contributed by atoms with Crippen LogP contribution in [0.15, 0.2) is 24.3 Å². The Morgan fingerprint density at radius 1 is 1.56 bits per heavy atom. The predicted octanol–water partition coefficient (Wildman–Crippen LogP) is 1.54. The zero-order valence-corrected chi connectivity index (χ0v) is 10.0. The number of carbonyl (C=O) groups is 1. The lowest BCUT2D eigenvalue weighted by Gasteiger charge is -2.03. The zero-order chi connectivity index (χ0) is 11.8. The molecule has 0 heterocycles. The summed E-state index contributed by atoms with van der Waals surface area (Å²) in [4.78, 5) is 15.3. The van der Waals surface area contributed by atoms with E-state index in [4.69, 9.17) is 5.84 Å². The number of hydrogen-bond acceptors (Lipinski definition) is 5. The molecule has 0 atom stereocenters. The molecule has 0 radical (unpaired) electrons. The van der Waals surface area contributed by atoms with Crippen molar-refractivity contribution in [1.29, 1.82) is 0 Å². The molecule has 88 valence electrons. The SMILES string of the molecule is Cc1cccc(CSCCC(=O)ONN)c1. The molecule has 0 spiro atoms. The second-order valence-electron chi connectivity index (χ2n) is 3.38. The van der Waals surface area contributed by atoms with Crippen LogP contribution in [0, 0.1) is 6.92 Å². The van der Waals surface area contributed by atoms with Crippen molar-refractivity contribution in [3.63, 3.8) is 0 Å². The van der Waals surface area contributed by atoms with Crippen LogP contribution in [0.1, 0.15) is 17.5 Å². The number of hydrogen-bond donors (Lipinski definition) is 2. The summed E-state index contributed by atoms with van der Waals surface area (Å²) in [6.07, 6.45) is 0.362. The standard InChI is InChI=1S/C11H16N2O2S/c1-9-3-2-4-10(7-9)8-16-6-5-11(14)15-13-12/h2-4,7,13H,5-6,8,12H2,1H3. The summed E-state index contributed by atoms with van der Waals surface area (Å²) in [6.45, 7) is 2.07. The molecule has 0 saturated heterocycles. The minimum Gasteiger partial charge on any atom is -0.356 e. The number of thioether (sulfide) groups is 1. The van der Waals surface area contributed by atoms with Gasteiger partial charge in [0.25, 0.3) is 0 Å². The van der Waals surface area contributed by atoms with Crippen LogP contribution in [-0.4, -0.2) is 11.7 Å². The molecular formula is C11H16N2O2S. The van der Waals surface area contributed by atoms with Gasteiger partial charge in [0.15, 0.2) is 0 Å². The van der Waals surface area contributed by atoms with E-state index in [0.717, 1.165) is 11.5 Å². The first-order valence-electron chi connectivity index (χ1n) is 5.01. The third-order valence-electron chi connectivity index (χ3n) is 1.97. The van der Waals surface area contributed by atoms with Crippen LogP contribution in [0.5, 0.6) is 0 Å². The topological polar surface area (TPSA) is 64.3 Å². The van der Waals surface area contributed by atoms with E-state index in [9.17, 15) is 4.79 Å². The molecule has 3 N–H and O–H groups in total. The Balaban J connectivity index is 2.18. The lowest BCUT2D eigenvalue weighted by molar-refractivity contribution is -0.150. The highest BCUT2D eigenvalue weighted by Gasteiger charge is 2.02. The third-order valence-corrected chi connectivity index (χ3v) is 3.00. The monoisotopic (exact) mass is 240 g/mol. The fourth-order valence-electron chi connectivity index (χ4n) is 1.26. The van der Waals surface area contributed by atoms with E-state index in [1.165, 1.54) is 11.1 Å². The van der Waals surface area contributed by atoms with Crippen molar-refractivity contribution < 1.29 is 9.63 Å². The summed E-state index contributed by atoms with van der Waals surface area (Å²) in [5.41, 5.74) is 4.40. The Labute approximate surface area is 99.5 Å². The van der Waals surface area contributed by atoms with Gasteiger partial charge < -0.3 is 4.84 Å². The molecule has 0 bridgehead atoms. The molecule has 5 heteroatoms. The molecule has 0 fully saturated rings. The minimum absolute atomic E-state index is 0.334. The summed E-state index contributed by atoms with van der Waals surface area (Å²) >= 11 is 1.70. The maximum Gasteiger partial charge on any atom is 0.327 e. The van der Waals surface area contributed by atoms with Crippen LogP contribution in [-0.2, 0) is 15.4 Å². The van der Waals surface area contributed by atoms with Crippen LogP contribution in [0.4, 0.5) is 0 Å². The second kappa shape index (κ2) is 7.27. The Morgan fingerprint density at radius 2 is 2.38 bits per heavy atom. The van der Waals surface area contributed by atoms with E-state index in [1.807, 2.05) is 11.7 Å². The maximum atomic E-state index is 10.9. The van der Waals surface area contributed by atoms with Crippen molar-refractivity contribution in [2.24, 2.45) is 5.84 Å². The lowest BCUT2D eigenvalue weighted by Crippen LogP contribution is -2.26. The molecule has 0 aliphatic rings. The van der Waals surface area contributed by atoms with Gasteiger partial charge in [-0.25, -0.2) is 5.84 Å². The average molecular weight is 240 g/mol. The van der Waals surface area contributed by atoms with Crippen molar-refractivity contribution in [3.8, 4) is 0 Å². The van der Waals surface area contributed by atoms with E-state index in [0.29, 0.717) is 6.42 Å². The molecule has 0 aliphatic carbocycles. The highest BCUT2D eigenvalue weighted by molar-refractivity contribution is 7.98. The van der Waals surface area contributed by atoms with E-state index in [1.54, 1.807) is 11.8 Å². The number of benzene rings is 1. The molecule has 16 heavy (non-hydrogen) atoms. The zero-order valence-electron chi connectivity index (χ0n) is 9.23. The summed E-state index contributed by atoms with van der Waals surface area (Å²) in [5.74, 6) is 6.15. The normalized spacial score (nSPS) is 10.1. The molecule has 0 amide bonds.